The van der Waals surface area contributed by atoms with Gasteiger partial charge >= 0.3 is 0 Å². The number of aryl methyl sites for hydroxylation is 4. The van der Waals surface area contributed by atoms with E-state index in [1.54, 1.807) is 0 Å². The van der Waals surface area contributed by atoms with Crippen LogP contribution in [0.25, 0.3) is 0 Å². The third-order valence-electron chi connectivity index (χ3n) is 5.51. The van der Waals surface area contributed by atoms with Crippen LogP contribution in [-0.4, -0.2) is 4.98 Å². The summed E-state index contributed by atoms with van der Waals surface area (Å²) in [5.41, 5.74) is 8.38. The molecule has 144 valence electrons. The molecule has 28 heavy (non-hydrogen) atoms. The van der Waals surface area contributed by atoms with Gasteiger partial charge in [-0.25, -0.2) is 4.98 Å². The molecule has 3 aromatic rings. The van der Waals surface area contributed by atoms with Crippen LogP contribution >= 0.6 is 0 Å². The first-order chi connectivity index (χ1) is 13.2. The van der Waals surface area contributed by atoms with Crippen molar-refractivity contribution in [3.05, 3.63) is 70.4 Å². The first-order valence-electron chi connectivity index (χ1n) is 9.83. The molecule has 0 bridgehead atoms. The molecular formula is C25H28N2O. The van der Waals surface area contributed by atoms with Gasteiger partial charge in [-0.1, -0.05) is 45.0 Å². The lowest BCUT2D eigenvalue weighted by molar-refractivity contribution is 0.466. The summed E-state index contributed by atoms with van der Waals surface area (Å²) in [6.45, 7) is 15.3. The number of hydrogen-bond donors (Lipinski definition) is 0. The standard InChI is InChI=1S/C25H28N2O/c1-15-9-8-10-20-22(15)28-23-16(2)11-12-26-24(23)27(20)21-17(3)13-19(14-18(21)4)25(5,6)7/h8-14H,1-7H3. The van der Waals surface area contributed by atoms with Crippen molar-refractivity contribution in [1.29, 1.82) is 0 Å². The highest BCUT2D eigenvalue weighted by Crippen LogP contribution is 2.53. The number of para-hydroxylation sites is 1. The summed E-state index contributed by atoms with van der Waals surface area (Å²) in [7, 11) is 0. The van der Waals surface area contributed by atoms with E-state index < -0.39 is 0 Å². The van der Waals surface area contributed by atoms with Crippen molar-refractivity contribution in [2.45, 2.75) is 53.9 Å². The topological polar surface area (TPSA) is 25.4 Å². The van der Waals surface area contributed by atoms with Crippen molar-refractivity contribution in [2.75, 3.05) is 4.90 Å². The molecule has 0 aliphatic carbocycles. The highest BCUT2D eigenvalue weighted by atomic mass is 16.5. The van der Waals surface area contributed by atoms with E-state index in [1.807, 2.05) is 12.3 Å². The van der Waals surface area contributed by atoms with Crippen molar-refractivity contribution in [1.82, 2.24) is 4.98 Å². The minimum Gasteiger partial charge on any atom is -0.451 e. The minimum absolute atomic E-state index is 0.111. The smallest absolute Gasteiger partial charge is 0.181 e. The SMILES string of the molecule is Cc1cccc2c1Oc1c(C)ccnc1N2c1c(C)cc(C(C)(C)C)cc1C. The van der Waals surface area contributed by atoms with Crippen LogP contribution in [0.4, 0.5) is 17.2 Å². The number of anilines is 3. The normalized spacial score (nSPS) is 13.0. The first kappa shape index (κ1) is 18.5. The third-order valence-corrected chi connectivity index (χ3v) is 5.51. The van der Waals surface area contributed by atoms with E-state index >= 15 is 0 Å². The fourth-order valence-electron chi connectivity index (χ4n) is 3.95. The maximum atomic E-state index is 6.34. The number of fused-ring (bicyclic) bond motifs is 2. The Hall–Kier alpha value is -2.81. The average molecular weight is 373 g/mol. The second-order valence-electron chi connectivity index (χ2n) is 8.85. The number of aromatic nitrogens is 1. The molecule has 3 heteroatoms. The zero-order chi connectivity index (χ0) is 20.2. The fourth-order valence-corrected chi connectivity index (χ4v) is 3.95. The molecule has 2 heterocycles. The van der Waals surface area contributed by atoms with Gasteiger partial charge in [0, 0.05) is 6.20 Å². The molecule has 0 fully saturated rings. The Labute approximate surface area is 168 Å². The Morgan fingerprint density at radius 2 is 1.46 bits per heavy atom. The van der Waals surface area contributed by atoms with E-state index in [1.165, 1.54) is 22.4 Å². The molecule has 2 aromatic carbocycles. The number of benzene rings is 2. The van der Waals surface area contributed by atoms with Crippen LogP contribution in [0.1, 0.15) is 48.6 Å². The Morgan fingerprint density at radius 3 is 2.11 bits per heavy atom. The molecule has 0 spiro atoms. The summed E-state index contributed by atoms with van der Waals surface area (Å²) in [5, 5.41) is 0. The summed E-state index contributed by atoms with van der Waals surface area (Å²) >= 11 is 0. The minimum atomic E-state index is 0.111. The highest BCUT2D eigenvalue weighted by molar-refractivity contribution is 5.88. The van der Waals surface area contributed by atoms with E-state index in [2.05, 4.69) is 83.7 Å². The summed E-state index contributed by atoms with van der Waals surface area (Å²) < 4.78 is 6.34. The molecule has 1 aliphatic heterocycles. The fraction of sp³-hybridized carbons (Fsp3) is 0.320. The van der Waals surface area contributed by atoms with Crippen LogP contribution in [0.5, 0.6) is 11.5 Å². The molecule has 0 N–H and O–H groups in total. The number of pyridine rings is 1. The summed E-state index contributed by atoms with van der Waals surface area (Å²) in [6.07, 6.45) is 1.86. The third kappa shape index (κ3) is 2.86. The van der Waals surface area contributed by atoms with Gasteiger partial charge in [-0.3, -0.25) is 4.90 Å². The molecule has 4 rings (SSSR count). The van der Waals surface area contributed by atoms with Crippen molar-refractivity contribution in [2.24, 2.45) is 0 Å². The van der Waals surface area contributed by atoms with Gasteiger partial charge in [-0.2, -0.15) is 0 Å². The van der Waals surface area contributed by atoms with Gasteiger partial charge < -0.3 is 4.74 Å². The van der Waals surface area contributed by atoms with E-state index in [9.17, 15) is 0 Å². The van der Waals surface area contributed by atoms with Crippen LogP contribution in [0.15, 0.2) is 42.6 Å². The van der Waals surface area contributed by atoms with Crippen LogP contribution in [-0.2, 0) is 5.41 Å². The molecule has 0 atom stereocenters. The van der Waals surface area contributed by atoms with Crippen molar-refractivity contribution < 1.29 is 4.74 Å². The van der Waals surface area contributed by atoms with Crippen LogP contribution < -0.4 is 9.64 Å². The Kier molecular flexibility index (Phi) is 4.22. The predicted molar refractivity (Wildman–Crippen MR) is 117 cm³/mol. The Morgan fingerprint density at radius 1 is 0.821 bits per heavy atom. The lowest BCUT2D eigenvalue weighted by Gasteiger charge is -2.35. The van der Waals surface area contributed by atoms with Gasteiger partial charge in [-0.15, -0.1) is 0 Å². The largest absolute Gasteiger partial charge is 0.451 e. The molecule has 0 saturated heterocycles. The Balaban J connectivity index is 2.02. The van der Waals surface area contributed by atoms with Crippen LogP contribution in [0.2, 0.25) is 0 Å². The number of hydrogen-bond acceptors (Lipinski definition) is 3. The van der Waals surface area contributed by atoms with Gasteiger partial charge in [0.1, 0.15) is 0 Å². The van der Waals surface area contributed by atoms with Crippen LogP contribution in [0.3, 0.4) is 0 Å². The molecule has 1 aliphatic rings. The lowest BCUT2D eigenvalue weighted by atomic mass is 9.84. The zero-order valence-electron chi connectivity index (χ0n) is 17.8. The van der Waals surface area contributed by atoms with Crippen molar-refractivity contribution in [3.63, 3.8) is 0 Å². The number of ether oxygens (including phenoxy) is 1. The predicted octanol–water partition coefficient (Wildman–Crippen LogP) is 7.19. The highest BCUT2D eigenvalue weighted by Gasteiger charge is 2.31. The summed E-state index contributed by atoms with van der Waals surface area (Å²) in [6, 6.07) is 12.9. The number of rotatable bonds is 1. The van der Waals surface area contributed by atoms with Crippen molar-refractivity contribution >= 4 is 17.2 Å². The second kappa shape index (κ2) is 6.37. The Bertz CT molecular complexity index is 1000. The quantitative estimate of drug-likeness (QED) is 0.353. The van der Waals surface area contributed by atoms with Crippen LogP contribution in [0, 0.1) is 27.7 Å². The zero-order valence-corrected chi connectivity index (χ0v) is 17.8. The first-order valence-corrected chi connectivity index (χ1v) is 9.83. The molecule has 1 aromatic heterocycles. The van der Waals surface area contributed by atoms with E-state index in [4.69, 9.17) is 9.72 Å². The van der Waals surface area contributed by atoms with E-state index in [-0.39, 0.29) is 5.41 Å². The monoisotopic (exact) mass is 372 g/mol. The molecule has 0 radical (unpaired) electrons. The summed E-state index contributed by atoms with van der Waals surface area (Å²) in [4.78, 5) is 6.99. The van der Waals surface area contributed by atoms with Gasteiger partial charge in [0.15, 0.2) is 17.3 Å². The maximum absolute atomic E-state index is 6.34. The van der Waals surface area contributed by atoms with E-state index in [0.717, 1.165) is 34.1 Å². The molecular weight excluding hydrogens is 344 g/mol. The molecule has 0 saturated carbocycles. The molecule has 0 amide bonds. The second-order valence-corrected chi connectivity index (χ2v) is 8.85. The van der Waals surface area contributed by atoms with Gasteiger partial charge in [0.05, 0.1) is 11.4 Å². The maximum Gasteiger partial charge on any atom is 0.181 e. The molecule has 3 nitrogen and oxygen atoms in total. The average Bonchev–Trinajstić information content (AvgIpc) is 2.61. The van der Waals surface area contributed by atoms with Gasteiger partial charge in [0.25, 0.3) is 0 Å². The lowest BCUT2D eigenvalue weighted by Crippen LogP contribution is -2.21. The van der Waals surface area contributed by atoms with Crippen molar-refractivity contribution in [3.8, 4) is 11.5 Å². The number of nitrogens with zero attached hydrogens (tertiary/aromatic N) is 2. The summed E-state index contributed by atoms with van der Waals surface area (Å²) in [5.74, 6) is 2.60. The van der Waals surface area contributed by atoms with Gasteiger partial charge in [-0.05, 0) is 73.1 Å². The molecule has 0 unspecified atom stereocenters. The van der Waals surface area contributed by atoms with Gasteiger partial charge in [0.2, 0.25) is 0 Å². The van der Waals surface area contributed by atoms with E-state index in [0.29, 0.717) is 0 Å².